The number of hydrogen-bond acceptors (Lipinski definition) is 3. The minimum Gasteiger partial charge on any atom is -0.390 e. The molecule has 2 atom stereocenters. The average Bonchev–Trinajstić information content (AvgIpc) is 2.35. The van der Waals surface area contributed by atoms with Gasteiger partial charge in [0.2, 0.25) is 0 Å². The first kappa shape index (κ1) is 11.0. The molecule has 0 unspecified atom stereocenters. The van der Waals surface area contributed by atoms with Crippen molar-refractivity contribution in [2.24, 2.45) is 0 Å². The Kier molecular flexibility index (Phi) is 3.71. The number of nitrogens with one attached hydrogen (secondary N) is 1. The second kappa shape index (κ2) is 4.40. The van der Waals surface area contributed by atoms with Crippen LogP contribution in [0.5, 0.6) is 0 Å². The average molecular weight is 186 g/mol. The number of aliphatic hydroxyl groups excluding tert-OH is 1. The molecule has 3 nitrogen and oxygen atoms in total. The first-order valence-electron chi connectivity index (χ1n) is 5.20. The Morgan fingerprint density at radius 2 is 1.69 bits per heavy atom. The minimum atomic E-state index is -0.204. The van der Waals surface area contributed by atoms with Gasteiger partial charge < -0.3 is 10.4 Å². The molecule has 0 saturated carbocycles. The van der Waals surface area contributed by atoms with Crippen LogP contribution in [0.4, 0.5) is 0 Å². The molecule has 1 aliphatic rings. The summed E-state index contributed by atoms with van der Waals surface area (Å²) in [5.74, 6) is 0. The van der Waals surface area contributed by atoms with Crippen molar-refractivity contribution in [3.63, 3.8) is 0 Å². The summed E-state index contributed by atoms with van der Waals surface area (Å²) in [5, 5.41) is 13.0. The van der Waals surface area contributed by atoms with Gasteiger partial charge >= 0.3 is 0 Å². The lowest BCUT2D eigenvalue weighted by Gasteiger charge is -2.37. The third-order valence-electron chi connectivity index (χ3n) is 2.73. The minimum absolute atomic E-state index is 0.204. The van der Waals surface area contributed by atoms with Gasteiger partial charge in [0.1, 0.15) is 0 Å². The number of hydrogen-bond donors (Lipinski definition) is 2. The summed E-state index contributed by atoms with van der Waals surface area (Å²) in [7, 11) is 0. The van der Waals surface area contributed by atoms with Crippen LogP contribution >= 0.6 is 0 Å². The maximum absolute atomic E-state index is 9.75. The number of aliphatic hydroxyl groups is 1. The van der Waals surface area contributed by atoms with Crippen LogP contribution in [-0.2, 0) is 0 Å². The molecule has 1 fully saturated rings. The fourth-order valence-corrected chi connectivity index (χ4v) is 2.32. The van der Waals surface area contributed by atoms with Gasteiger partial charge in [-0.05, 0) is 27.7 Å². The Morgan fingerprint density at radius 1 is 1.15 bits per heavy atom. The first-order valence-corrected chi connectivity index (χ1v) is 5.20. The van der Waals surface area contributed by atoms with E-state index in [-0.39, 0.29) is 6.10 Å². The van der Waals surface area contributed by atoms with Gasteiger partial charge in [0, 0.05) is 31.2 Å². The standard InChI is InChI=1S/C10H22N2O/c1-7(2)12(8(3)4)9-5-11-6-10(9)13/h7-11,13H,5-6H2,1-4H3/t9-,10-/m1/s1. The molecule has 1 rings (SSSR count). The monoisotopic (exact) mass is 186 g/mol. The molecule has 0 aromatic rings. The molecule has 0 aromatic heterocycles. The maximum Gasteiger partial charge on any atom is 0.0832 e. The highest BCUT2D eigenvalue weighted by Crippen LogP contribution is 2.16. The molecule has 78 valence electrons. The van der Waals surface area contributed by atoms with Crippen molar-refractivity contribution in [3.8, 4) is 0 Å². The lowest BCUT2D eigenvalue weighted by molar-refractivity contribution is 0.0418. The highest BCUT2D eigenvalue weighted by molar-refractivity contribution is 4.91. The molecule has 0 bridgehead atoms. The van der Waals surface area contributed by atoms with Crippen molar-refractivity contribution < 1.29 is 5.11 Å². The van der Waals surface area contributed by atoms with Crippen molar-refractivity contribution in [3.05, 3.63) is 0 Å². The van der Waals surface area contributed by atoms with Gasteiger partial charge in [-0.15, -0.1) is 0 Å². The van der Waals surface area contributed by atoms with Gasteiger partial charge in [-0.25, -0.2) is 0 Å². The topological polar surface area (TPSA) is 35.5 Å². The molecule has 0 radical (unpaired) electrons. The molecule has 0 spiro atoms. The molecular formula is C10H22N2O. The fraction of sp³-hybridized carbons (Fsp3) is 1.00. The van der Waals surface area contributed by atoms with E-state index in [1.807, 2.05) is 0 Å². The largest absolute Gasteiger partial charge is 0.390 e. The predicted octanol–water partition coefficient (Wildman–Crippen LogP) is 0.438. The molecule has 0 aliphatic carbocycles. The van der Waals surface area contributed by atoms with Crippen molar-refractivity contribution in [1.29, 1.82) is 0 Å². The van der Waals surface area contributed by atoms with Crippen molar-refractivity contribution in [2.45, 2.75) is 51.9 Å². The predicted molar refractivity (Wildman–Crippen MR) is 54.8 cm³/mol. The van der Waals surface area contributed by atoms with E-state index >= 15 is 0 Å². The van der Waals surface area contributed by atoms with Crippen molar-refractivity contribution in [1.82, 2.24) is 10.2 Å². The lowest BCUT2D eigenvalue weighted by Crippen LogP contribution is -2.50. The number of rotatable bonds is 3. The van der Waals surface area contributed by atoms with E-state index in [9.17, 15) is 5.11 Å². The van der Waals surface area contributed by atoms with Crippen LogP contribution < -0.4 is 5.32 Å². The summed E-state index contributed by atoms with van der Waals surface area (Å²) in [6.45, 7) is 10.4. The Morgan fingerprint density at radius 3 is 2.00 bits per heavy atom. The summed E-state index contributed by atoms with van der Waals surface area (Å²) in [4.78, 5) is 2.38. The third kappa shape index (κ3) is 2.42. The molecule has 0 amide bonds. The highest BCUT2D eigenvalue weighted by Gasteiger charge is 2.33. The van der Waals surface area contributed by atoms with Gasteiger partial charge in [-0.2, -0.15) is 0 Å². The fourth-order valence-electron chi connectivity index (χ4n) is 2.32. The van der Waals surface area contributed by atoms with Crippen LogP contribution in [0.25, 0.3) is 0 Å². The molecule has 0 aromatic carbocycles. The summed E-state index contributed by atoms with van der Waals surface area (Å²) < 4.78 is 0. The van der Waals surface area contributed by atoms with Gasteiger partial charge in [0.25, 0.3) is 0 Å². The molecular weight excluding hydrogens is 164 g/mol. The summed E-state index contributed by atoms with van der Waals surface area (Å²) in [5.41, 5.74) is 0. The van der Waals surface area contributed by atoms with E-state index in [4.69, 9.17) is 0 Å². The Hall–Kier alpha value is -0.120. The molecule has 1 aliphatic heterocycles. The van der Waals surface area contributed by atoms with E-state index in [0.717, 1.165) is 13.1 Å². The van der Waals surface area contributed by atoms with Crippen molar-refractivity contribution >= 4 is 0 Å². The van der Waals surface area contributed by atoms with Gasteiger partial charge in [0.15, 0.2) is 0 Å². The van der Waals surface area contributed by atoms with Gasteiger partial charge in [-0.3, -0.25) is 4.90 Å². The van der Waals surface area contributed by atoms with Crippen LogP contribution in [0.3, 0.4) is 0 Å². The number of nitrogens with zero attached hydrogens (tertiary/aromatic N) is 1. The number of β-amino-alcohol motifs (C(OH)–C–C–N with tert-alkyl or cyclic N) is 1. The molecule has 1 saturated heterocycles. The zero-order chi connectivity index (χ0) is 10.0. The van der Waals surface area contributed by atoms with Crippen LogP contribution in [0.15, 0.2) is 0 Å². The molecule has 3 heteroatoms. The lowest BCUT2D eigenvalue weighted by atomic mass is 10.1. The summed E-state index contributed by atoms with van der Waals surface area (Å²) in [6, 6.07) is 1.29. The highest BCUT2D eigenvalue weighted by atomic mass is 16.3. The van der Waals surface area contributed by atoms with E-state index in [2.05, 4.69) is 37.9 Å². The van der Waals surface area contributed by atoms with Gasteiger partial charge in [0.05, 0.1) is 6.10 Å². The zero-order valence-corrected chi connectivity index (χ0v) is 9.12. The molecule has 13 heavy (non-hydrogen) atoms. The zero-order valence-electron chi connectivity index (χ0n) is 9.12. The van der Waals surface area contributed by atoms with Gasteiger partial charge in [-0.1, -0.05) is 0 Å². The van der Waals surface area contributed by atoms with E-state index in [1.165, 1.54) is 0 Å². The van der Waals surface area contributed by atoms with Crippen molar-refractivity contribution in [2.75, 3.05) is 13.1 Å². The summed E-state index contributed by atoms with van der Waals surface area (Å²) >= 11 is 0. The second-order valence-electron chi connectivity index (χ2n) is 4.43. The molecule has 1 heterocycles. The molecule has 2 N–H and O–H groups in total. The second-order valence-corrected chi connectivity index (χ2v) is 4.43. The van der Waals surface area contributed by atoms with Crippen LogP contribution in [0.2, 0.25) is 0 Å². The normalized spacial score (nSPS) is 29.5. The first-order chi connectivity index (χ1) is 6.04. The van der Waals surface area contributed by atoms with E-state index in [0.29, 0.717) is 18.1 Å². The Balaban J connectivity index is 2.63. The van der Waals surface area contributed by atoms with E-state index < -0.39 is 0 Å². The third-order valence-corrected chi connectivity index (χ3v) is 2.73. The smallest absolute Gasteiger partial charge is 0.0832 e. The van der Waals surface area contributed by atoms with Crippen LogP contribution in [0, 0.1) is 0 Å². The van der Waals surface area contributed by atoms with E-state index in [1.54, 1.807) is 0 Å². The maximum atomic E-state index is 9.75. The van der Waals surface area contributed by atoms with Crippen LogP contribution in [-0.4, -0.2) is 47.3 Å². The summed E-state index contributed by atoms with van der Waals surface area (Å²) in [6.07, 6.45) is -0.204. The Labute approximate surface area is 81.1 Å². The Bertz CT molecular complexity index is 151. The SMILES string of the molecule is CC(C)N(C(C)C)[C@@H]1CNC[C@H]1O. The quantitative estimate of drug-likeness (QED) is 0.671. The van der Waals surface area contributed by atoms with Crippen LogP contribution in [0.1, 0.15) is 27.7 Å².